The van der Waals surface area contributed by atoms with Crippen molar-refractivity contribution in [1.29, 1.82) is 0 Å². The van der Waals surface area contributed by atoms with E-state index in [1.165, 1.54) is 16.3 Å². The predicted molar refractivity (Wildman–Crippen MR) is 254 cm³/mol. The number of furan rings is 1. The largest absolute Gasteiger partial charge is 0.456 e. The van der Waals surface area contributed by atoms with E-state index in [2.05, 4.69) is 174 Å². The summed E-state index contributed by atoms with van der Waals surface area (Å²) in [5.41, 5.74) is 14.3. The van der Waals surface area contributed by atoms with Crippen molar-refractivity contribution in [3.63, 3.8) is 0 Å². The summed E-state index contributed by atoms with van der Waals surface area (Å²) in [5.74, 6) is 1.77. The maximum absolute atomic E-state index is 6.22. The first-order valence-corrected chi connectivity index (χ1v) is 20.8. The summed E-state index contributed by atoms with van der Waals surface area (Å²) >= 11 is 0. The minimum absolute atomic E-state index is 0.585. The summed E-state index contributed by atoms with van der Waals surface area (Å²) in [4.78, 5) is 15.9. The molecule has 0 spiro atoms. The van der Waals surface area contributed by atoms with Crippen LogP contribution in [0.15, 0.2) is 223 Å². The minimum atomic E-state index is 0.585. The van der Waals surface area contributed by atoms with Crippen LogP contribution in [-0.2, 0) is 0 Å². The molecule has 3 heterocycles. The second kappa shape index (κ2) is 14.7. The van der Waals surface area contributed by atoms with E-state index in [0.29, 0.717) is 17.5 Å². The van der Waals surface area contributed by atoms with Gasteiger partial charge in [0.2, 0.25) is 0 Å². The summed E-state index contributed by atoms with van der Waals surface area (Å²) in [7, 11) is 0. The number of hydrogen-bond acceptors (Lipinski definition) is 4. The second-order valence-corrected chi connectivity index (χ2v) is 15.6. The Labute approximate surface area is 357 Å². The minimum Gasteiger partial charge on any atom is -0.456 e. The van der Waals surface area contributed by atoms with Crippen molar-refractivity contribution in [2.75, 3.05) is 0 Å². The Hall–Kier alpha value is -8.41. The summed E-state index contributed by atoms with van der Waals surface area (Å²) in [6, 6.07) is 76.5. The van der Waals surface area contributed by atoms with Gasteiger partial charge in [0.15, 0.2) is 17.5 Å². The first-order valence-electron chi connectivity index (χ1n) is 20.8. The molecule has 12 rings (SSSR count). The smallest absolute Gasteiger partial charge is 0.164 e. The van der Waals surface area contributed by atoms with E-state index in [1.807, 2.05) is 48.5 Å². The lowest BCUT2D eigenvalue weighted by atomic mass is 9.86. The molecule has 0 saturated heterocycles. The van der Waals surface area contributed by atoms with Crippen molar-refractivity contribution in [2.45, 2.75) is 0 Å². The van der Waals surface area contributed by atoms with Gasteiger partial charge in [0.05, 0.1) is 11.0 Å². The molecule has 5 heteroatoms. The van der Waals surface area contributed by atoms with Crippen LogP contribution in [0.5, 0.6) is 0 Å². The quantitative estimate of drug-likeness (QED) is 0.161. The van der Waals surface area contributed by atoms with Crippen LogP contribution in [0.2, 0.25) is 0 Å². The molecule has 0 atom stereocenters. The summed E-state index contributed by atoms with van der Waals surface area (Å²) in [6.45, 7) is 0. The zero-order chi connectivity index (χ0) is 41.0. The van der Waals surface area contributed by atoms with Crippen molar-refractivity contribution in [1.82, 2.24) is 19.5 Å². The summed E-state index contributed by atoms with van der Waals surface area (Å²) in [5, 5.41) is 4.45. The van der Waals surface area contributed by atoms with E-state index < -0.39 is 0 Å². The van der Waals surface area contributed by atoms with Gasteiger partial charge in [-0.3, -0.25) is 0 Å². The molecule has 0 unspecified atom stereocenters. The molecule has 0 aliphatic rings. The van der Waals surface area contributed by atoms with Gasteiger partial charge in [-0.05, 0) is 94.5 Å². The van der Waals surface area contributed by atoms with Crippen LogP contribution >= 0.6 is 0 Å². The third-order valence-corrected chi connectivity index (χ3v) is 11.8. The van der Waals surface area contributed by atoms with Gasteiger partial charge in [-0.1, -0.05) is 152 Å². The van der Waals surface area contributed by atoms with Crippen LogP contribution in [-0.4, -0.2) is 19.5 Å². The van der Waals surface area contributed by atoms with Gasteiger partial charge in [0.25, 0.3) is 0 Å². The van der Waals surface area contributed by atoms with Gasteiger partial charge in [-0.2, -0.15) is 0 Å². The van der Waals surface area contributed by atoms with Gasteiger partial charge < -0.3 is 8.98 Å². The highest BCUT2D eigenvalue weighted by Gasteiger charge is 2.23. The van der Waals surface area contributed by atoms with Crippen LogP contribution in [0.1, 0.15) is 0 Å². The molecule has 12 aromatic rings. The molecule has 0 fully saturated rings. The van der Waals surface area contributed by atoms with Crippen LogP contribution in [0.25, 0.3) is 117 Å². The molecular formula is C57H36N4O. The Kier molecular flexibility index (Phi) is 8.42. The number of nitrogens with zero attached hydrogens (tertiary/aromatic N) is 4. The standard InChI is InChI=1S/C57H36N4O/c1-5-17-37(18-6-1)42-35-46(40-29-31-51-47(33-40)44-25-13-15-27-50(44)61(51)43-23-11-4-12-24-43)54(38-19-7-2-8-20-38)49(36-42)57-59-55(39-21-9-3-10-22-39)58-56(60-57)41-30-32-53-48(34-41)45-26-14-16-28-52(45)62-53/h1-36H. The SMILES string of the molecule is c1ccc(-c2cc(-c3ccc4c(c3)c3ccccc3n4-c3ccccc3)c(-c3ccccc3)c(-c3nc(-c4ccccc4)nc(-c4ccc5oc6ccccc6c5c4)n3)c2)cc1. The third-order valence-electron chi connectivity index (χ3n) is 11.8. The molecule has 3 aromatic heterocycles. The van der Waals surface area contributed by atoms with Crippen molar-refractivity contribution in [3.8, 4) is 73.2 Å². The number of fused-ring (bicyclic) bond motifs is 6. The topological polar surface area (TPSA) is 56.7 Å². The number of rotatable bonds is 7. The Balaban J connectivity index is 1.15. The Morgan fingerprint density at radius 3 is 1.60 bits per heavy atom. The fourth-order valence-corrected chi connectivity index (χ4v) is 8.96. The van der Waals surface area contributed by atoms with E-state index >= 15 is 0 Å². The lowest BCUT2D eigenvalue weighted by molar-refractivity contribution is 0.669. The molecule has 9 aromatic carbocycles. The average molecular weight is 793 g/mol. The zero-order valence-corrected chi connectivity index (χ0v) is 33.5. The Morgan fingerprint density at radius 2 is 0.839 bits per heavy atom. The van der Waals surface area contributed by atoms with E-state index in [0.717, 1.165) is 83.2 Å². The number of aromatic nitrogens is 4. The first-order chi connectivity index (χ1) is 30.7. The molecule has 0 aliphatic carbocycles. The van der Waals surface area contributed by atoms with Gasteiger partial charge >= 0.3 is 0 Å². The number of hydrogen-bond donors (Lipinski definition) is 0. The Bertz CT molecular complexity index is 3610. The lowest BCUT2D eigenvalue weighted by Gasteiger charge is -2.19. The van der Waals surface area contributed by atoms with Crippen LogP contribution < -0.4 is 0 Å². The van der Waals surface area contributed by atoms with Gasteiger partial charge in [0, 0.05) is 49.5 Å². The van der Waals surface area contributed by atoms with Crippen LogP contribution in [0.4, 0.5) is 0 Å². The normalized spacial score (nSPS) is 11.5. The fourth-order valence-electron chi connectivity index (χ4n) is 8.96. The van der Waals surface area contributed by atoms with Gasteiger partial charge in [0.1, 0.15) is 11.2 Å². The van der Waals surface area contributed by atoms with Crippen molar-refractivity contribution in [2.24, 2.45) is 0 Å². The number of para-hydroxylation sites is 3. The molecule has 0 amide bonds. The van der Waals surface area contributed by atoms with Gasteiger partial charge in [-0.15, -0.1) is 0 Å². The molecule has 0 aliphatic heterocycles. The first kappa shape index (κ1) is 35.5. The summed E-state index contributed by atoms with van der Waals surface area (Å²) in [6.07, 6.45) is 0. The second-order valence-electron chi connectivity index (χ2n) is 15.6. The zero-order valence-electron chi connectivity index (χ0n) is 33.5. The predicted octanol–water partition coefficient (Wildman–Crippen LogP) is 14.9. The molecule has 5 nitrogen and oxygen atoms in total. The average Bonchev–Trinajstić information content (AvgIpc) is 3.89. The molecule has 0 bridgehead atoms. The van der Waals surface area contributed by atoms with Crippen molar-refractivity contribution >= 4 is 43.7 Å². The molecular weight excluding hydrogens is 757 g/mol. The Morgan fingerprint density at radius 1 is 0.306 bits per heavy atom. The highest BCUT2D eigenvalue weighted by molar-refractivity contribution is 6.11. The molecule has 0 radical (unpaired) electrons. The van der Waals surface area contributed by atoms with E-state index in [1.54, 1.807) is 0 Å². The van der Waals surface area contributed by atoms with E-state index in [9.17, 15) is 0 Å². The molecule has 290 valence electrons. The fraction of sp³-hybridized carbons (Fsp3) is 0. The lowest BCUT2D eigenvalue weighted by Crippen LogP contribution is -2.02. The van der Waals surface area contributed by atoms with Gasteiger partial charge in [-0.25, -0.2) is 15.0 Å². The van der Waals surface area contributed by atoms with Crippen molar-refractivity contribution in [3.05, 3.63) is 218 Å². The third kappa shape index (κ3) is 6.06. The van der Waals surface area contributed by atoms with Crippen molar-refractivity contribution < 1.29 is 4.42 Å². The van der Waals surface area contributed by atoms with E-state index in [4.69, 9.17) is 19.4 Å². The van der Waals surface area contributed by atoms with Crippen LogP contribution in [0.3, 0.4) is 0 Å². The van der Waals surface area contributed by atoms with E-state index in [-0.39, 0.29) is 0 Å². The van der Waals surface area contributed by atoms with Crippen LogP contribution in [0, 0.1) is 0 Å². The maximum Gasteiger partial charge on any atom is 0.164 e. The molecule has 62 heavy (non-hydrogen) atoms. The maximum atomic E-state index is 6.22. The molecule has 0 N–H and O–H groups in total. The highest BCUT2D eigenvalue weighted by Crippen LogP contribution is 2.45. The monoisotopic (exact) mass is 792 g/mol. The number of benzene rings is 9. The highest BCUT2D eigenvalue weighted by atomic mass is 16.3. The molecule has 0 saturated carbocycles. The summed E-state index contributed by atoms with van der Waals surface area (Å²) < 4.78 is 8.58.